The van der Waals surface area contributed by atoms with E-state index < -0.39 is 18.3 Å². The summed E-state index contributed by atoms with van der Waals surface area (Å²) in [5, 5.41) is 11.6. The molecule has 0 atom stereocenters. The number of hydrogen-bond acceptors (Lipinski definition) is 2. The Bertz CT molecular complexity index is 334. The number of nitrogens with zero attached hydrogens (tertiary/aromatic N) is 1. The topological polar surface area (TPSA) is 35.8 Å². The van der Waals surface area contributed by atoms with Gasteiger partial charge >= 0.3 is 6.18 Å². The molecule has 0 spiro atoms. The van der Waals surface area contributed by atoms with Crippen LogP contribution in [0.25, 0.3) is 0 Å². The standard InChI is InChI=1S/C14H23F3N2/c1-4-12(2,3)11-5-7-13(9-18,8-6-11)19-10-14(15,16)17/h11,19H,4-8,10H2,1-3H3. The quantitative estimate of drug-likeness (QED) is 0.841. The molecule has 19 heavy (non-hydrogen) atoms. The van der Waals surface area contributed by atoms with Crippen LogP contribution in [0.5, 0.6) is 0 Å². The van der Waals surface area contributed by atoms with Crippen molar-refractivity contribution < 1.29 is 13.2 Å². The fourth-order valence-corrected chi connectivity index (χ4v) is 2.78. The highest BCUT2D eigenvalue weighted by molar-refractivity contribution is 5.10. The van der Waals surface area contributed by atoms with E-state index in [0.29, 0.717) is 18.8 Å². The fraction of sp³-hybridized carbons (Fsp3) is 0.929. The second-order valence-corrected chi connectivity index (χ2v) is 6.28. The van der Waals surface area contributed by atoms with E-state index in [4.69, 9.17) is 0 Å². The van der Waals surface area contributed by atoms with E-state index in [1.807, 2.05) is 0 Å². The van der Waals surface area contributed by atoms with Crippen molar-refractivity contribution in [2.45, 2.75) is 64.6 Å². The van der Waals surface area contributed by atoms with Gasteiger partial charge in [-0.1, -0.05) is 27.2 Å². The van der Waals surface area contributed by atoms with Crippen molar-refractivity contribution in [2.75, 3.05) is 6.54 Å². The summed E-state index contributed by atoms with van der Waals surface area (Å²) in [5.41, 5.74) is -0.790. The molecule has 0 aromatic carbocycles. The minimum atomic E-state index is -4.26. The molecule has 110 valence electrons. The number of hydrogen-bond donors (Lipinski definition) is 1. The molecule has 1 saturated carbocycles. The Morgan fingerprint density at radius 2 is 1.79 bits per heavy atom. The Balaban J connectivity index is 2.61. The zero-order valence-electron chi connectivity index (χ0n) is 11.9. The summed E-state index contributed by atoms with van der Waals surface area (Å²) in [6.45, 7) is 5.44. The molecule has 1 N–H and O–H groups in total. The van der Waals surface area contributed by atoms with Gasteiger partial charge in [0.05, 0.1) is 12.6 Å². The van der Waals surface area contributed by atoms with E-state index in [1.54, 1.807) is 0 Å². The molecule has 0 heterocycles. The maximum atomic E-state index is 12.3. The number of nitrogens with one attached hydrogen (secondary N) is 1. The van der Waals surface area contributed by atoms with Gasteiger partial charge in [-0.3, -0.25) is 5.32 Å². The Kier molecular flexibility index (Phi) is 4.89. The average Bonchev–Trinajstić information content (AvgIpc) is 2.36. The predicted molar refractivity (Wildman–Crippen MR) is 68.4 cm³/mol. The molecule has 0 unspecified atom stereocenters. The van der Waals surface area contributed by atoms with Crippen LogP contribution in [0.3, 0.4) is 0 Å². The molecule has 5 heteroatoms. The van der Waals surface area contributed by atoms with Crippen molar-refractivity contribution in [3.63, 3.8) is 0 Å². The van der Waals surface area contributed by atoms with Crippen molar-refractivity contribution in [2.24, 2.45) is 11.3 Å². The van der Waals surface area contributed by atoms with Crippen LogP contribution < -0.4 is 5.32 Å². The van der Waals surface area contributed by atoms with Crippen LogP contribution in [0.2, 0.25) is 0 Å². The number of alkyl halides is 3. The van der Waals surface area contributed by atoms with Crippen LogP contribution in [0.4, 0.5) is 13.2 Å². The zero-order valence-corrected chi connectivity index (χ0v) is 11.9. The van der Waals surface area contributed by atoms with Crippen LogP contribution in [0.1, 0.15) is 52.9 Å². The SMILES string of the molecule is CCC(C)(C)C1CCC(C#N)(NCC(F)(F)F)CC1. The van der Waals surface area contributed by atoms with E-state index >= 15 is 0 Å². The third-order valence-corrected chi connectivity index (χ3v) is 4.70. The highest BCUT2D eigenvalue weighted by Gasteiger charge is 2.41. The van der Waals surface area contributed by atoms with Gasteiger partial charge in [0.25, 0.3) is 0 Å². The lowest BCUT2D eigenvalue weighted by molar-refractivity contribution is -0.128. The lowest BCUT2D eigenvalue weighted by Gasteiger charge is -2.42. The highest BCUT2D eigenvalue weighted by Crippen LogP contribution is 2.43. The van der Waals surface area contributed by atoms with Crippen molar-refractivity contribution in [1.29, 1.82) is 5.26 Å². The summed E-state index contributed by atoms with van der Waals surface area (Å²) in [6.07, 6.45) is -0.559. The number of rotatable bonds is 4. The maximum Gasteiger partial charge on any atom is 0.401 e. The van der Waals surface area contributed by atoms with Gasteiger partial charge in [-0.2, -0.15) is 18.4 Å². The normalized spacial score (nSPS) is 29.0. The van der Waals surface area contributed by atoms with Crippen LogP contribution in [-0.2, 0) is 0 Å². The van der Waals surface area contributed by atoms with Crippen molar-refractivity contribution in [3.05, 3.63) is 0 Å². The largest absolute Gasteiger partial charge is 0.401 e. The van der Waals surface area contributed by atoms with Gasteiger partial charge in [0.15, 0.2) is 0 Å². The van der Waals surface area contributed by atoms with E-state index in [9.17, 15) is 18.4 Å². The van der Waals surface area contributed by atoms with Crippen LogP contribution in [0, 0.1) is 22.7 Å². The van der Waals surface area contributed by atoms with Gasteiger partial charge in [0.1, 0.15) is 5.54 Å². The summed E-state index contributed by atoms with van der Waals surface area (Å²) in [5.74, 6) is 0.492. The third-order valence-electron chi connectivity index (χ3n) is 4.70. The predicted octanol–water partition coefficient (Wildman–Crippen LogP) is 4.03. The van der Waals surface area contributed by atoms with Crippen molar-refractivity contribution in [3.8, 4) is 6.07 Å². The third kappa shape index (κ3) is 4.38. The smallest absolute Gasteiger partial charge is 0.291 e. The maximum absolute atomic E-state index is 12.3. The number of nitriles is 1. The van der Waals surface area contributed by atoms with Crippen molar-refractivity contribution >= 4 is 0 Å². The lowest BCUT2D eigenvalue weighted by Crippen LogP contribution is -2.51. The molecule has 0 bridgehead atoms. The molecular weight excluding hydrogens is 253 g/mol. The minimum absolute atomic E-state index is 0.200. The molecular formula is C14H23F3N2. The molecule has 1 aliphatic rings. The van der Waals surface area contributed by atoms with Gasteiger partial charge in [0, 0.05) is 0 Å². The van der Waals surface area contributed by atoms with Gasteiger partial charge in [-0.25, -0.2) is 0 Å². The first-order valence-corrected chi connectivity index (χ1v) is 6.87. The monoisotopic (exact) mass is 276 g/mol. The first-order chi connectivity index (χ1) is 8.64. The van der Waals surface area contributed by atoms with Crippen LogP contribution in [0.15, 0.2) is 0 Å². The minimum Gasteiger partial charge on any atom is -0.291 e. The summed E-state index contributed by atoms with van der Waals surface area (Å²) in [7, 11) is 0. The first-order valence-electron chi connectivity index (χ1n) is 6.87. The summed E-state index contributed by atoms with van der Waals surface area (Å²) in [6, 6.07) is 2.07. The average molecular weight is 276 g/mol. The van der Waals surface area contributed by atoms with E-state index in [2.05, 4.69) is 32.2 Å². The molecule has 0 saturated heterocycles. The molecule has 2 nitrogen and oxygen atoms in total. The summed E-state index contributed by atoms with van der Waals surface area (Å²) in [4.78, 5) is 0. The molecule has 1 aliphatic carbocycles. The summed E-state index contributed by atoms with van der Waals surface area (Å²) >= 11 is 0. The molecule has 0 aromatic heterocycles. The second kappa shape index (κ2) is 5.70. The molecule has 0 radical (unpaired) electrons. The van der Waals surface area contributed by atoms with Gasteiger partial charge in [0.2, 0.25) is 0 Å². The summed E-state index contributed by atoms with van der Waals surface area (Å²) < 4.78 is 36.8. The highest BCUT2D eigenvalue weighted by atomic mass is 19.4. The Labute approximate surface area is 113 Å². The van der Waals surface area contributed by atoms with E-state index in [-0.39, 0.29) is 5.41 Å². The van der Waals surface area contributed by atoms with E-state index in [0.717, 1.165) is 19.3 Å². The molecule has 0 amide bonds. The Morgan fingerprint density at radius 3 is 2.16 bits per heavy atom. The fourth-order valence-electron chi connectivity index (χ4n) is 2.78. The van der Waals surface area contributed by atoms with Gasteiger partial charge in [-0.05, 0) is 37.0 Å². The molecule has 0 aliphatic heterocycles. The zero-order chi connectivity index (χ0) is 14.7. The molecule has 0 aromatic rings. The second-order valence-electron chi connectivity index (χ2n) is 6.28. The van der Waals surface area contributed by atoms with Gasteiger partial charge in [-0.15, -0.1) is 0 Å². The van der Waals surface area contributed by atoms with Gasteiger partial charge < -0.3 is 0 Å². The molecule has 1 fully saturated rings. The van der Waals surface area contributed by atoms with Crippen molar-refractivity contribution in [1.82, 2.24) is 5.32 Å². The Hall–Kier alpha value is -0.760. The van der Waals surface area contributed by atoms with E-state index in [1.165, 1.54) is 0 Å². The number of halogens is 3. The van der Waals surface area contributed by atoms with Crippen LogP contribution >= 0.6 is 0 Å². The Morgan fingerprint density at radius 1 is 1.26 bits per heavy atom. The first kappa shape index (κ1) is 16.3. The van der Waals surface area contributed by atoms with Crippen LogP contribution in [-0.4, -0.2) is 18.3 Å². The molecule has 1 rings (SSSR count). The lowest BCUT2D eigenvalue weighted by atomic mass is 9.66.